The third kappa shape index (κ3) is 3.66. The fraction of sp³-hybridized carbons (Fsp3) is 0.294. The van der Waals surface area contributed by atoms with Crippen LogP contribution >= 0.6 is 0 Å². The average molecular weight is 266 g/mol. The van der Waals surface area contributed by atoms with Gasteiger partial charge in [-0.1, -0.05) is 42.5 Å². The van der Waals surface area contributed by atoms with Gasteiger partial charge < -0.3 is 0 Å². The first kappa shape index (κ1) is 14.2. The Morgan fingerprint density at radius 3 is 2.75 bits per heavy atom. The molecule has 0 aromatic heterocycles. The van der Waals surface area contributed by atoms with E-state index in [0.717, 1.165) is 13.0 Å². The lowest BCUT2D eigenvalue weighted by Crippen LogP contribution is -2.27. The van der Waals surface area contributed by atoms with Crippen LogP contribution in [0.5, 0.6) is 0 Å². The second kappa shape index (κ2) is 6.83. The molecule has 0 heterocycles. The number of benzene rings is 2. The lowest BCUT2D eigenvalue weighted by molar-refractivity contribution is -0.118. The highest BCUT2D eigenvalue weighted by Gasteiger charge is 2.07. The van der Waals surface area contributed by atoms with Crippen LogP contribution in [-0.4, -0.2) is 30.8 Å². The van der Waals surface area contributed by atoms with E-state index in [0.29, 0.717) is 6.54 Å². The number of likely N-dealkylation sites (N-methyl/N-ethyl adjacent to an activating group) is 1. The molecule has 0 spiro atoms. The molecule has 0 unspecified atom stereocenters. The molecule has 2 aromatic rings. The van der Waals surface area contributed by atoms with Gasteiger partial charge in [0.1, 0.15) is 0 Å². The maximum atomic E-state index is 11.4. The van der Waals surface area contributed by atoms with Crippen molar-refractivity contribution in [1.82, 2.24) is 4.90 Å². The highest BCUT2D eigenvalue weighted by Crippen LogP contribution is 2.18. The van der Waals surface area contributed by atoms with Crippen molar-refractivity contribution in [2.75, 3.05) is 20.1 Å². The van der Waals surface area contributed by atoms with Crippen LogP contribution in [-0.2, 0) is 11.2 Å². The number of nitrogens with zero attached hydrogens (tertiary/aromatic N) is 2. The molecule has 0 aliphatic carbocycles. The van der Waals surface area contributed by atoms with Gasteiger partial charge in [-0.15, -0.1) is 0 Å². The highest BCUT2D eigenvalue weighted by molar-refractivity contribution is 5.85. The molecule has 0 N–H and O–H groups in total. The largest absolute Gasteiger partial charge is 0.299 e. The van der Waals surface area contributed by atoms with Crippen molar-refractivity contribution < 1.29 is 4.79 Å². The first-order chi connectivity index (χ1) is 9.70. The lowest BCUT2D eigenvalue weighted by Gasteiger charge is -2.15. The zero-order chi connectivity index (χ0) is 14.4. The summed E-state index contributed by atoms with van der Waals surface area (Å²) in [5.74, 6) is -0.0204. The summed E-state index contributed by atoms with van der Waals surface area (Å²) < 4.78 is 0. The third-order valence-corrected chi connectivity index (χ3v) is 3.37. The molecule has 0 bridgehead atoms. The van der Waals surface area contributed by atoms with Gasteiger partial charge in [0, 0.05) is 6.54 Å². The Morgan fingerprint density at radius 1 is 1.20 bits per heavy atom. The van der Waals surface area contributed by atoms with Gasteiger partial charge in [-0.2, -0.15) is 5.26 Å². The Kier molecular flexibility index (Phi) is 4.86. The van der Waals surface area contributed by atoms with Gasteiger partial charge in [-0.25, -0.2) is 0 Å². The van der Waals surface area contributed by atoms with E-state index in [2.05, 4.69) is 30.3 Å². The van der Waals surface area contributed by atoms with Crippen molar-refractivity contribution in [2.45, 2.75) is 12.8 Å². The summed E-state index contributed by atoms with van der Waals surface area (Å²) in [6, 6.07) is 16.5. The fourth-order valence-corrected chi connectivity index (χ4v) is 2.35. The summed E-state index contributed by atoms with van der Waals surface area (Å²) in [6.45, 7) is 1.16. The van der Waals surface area contributed by atoms with Gasteiger partial charge >= 0.3 is 0 Å². The monoisotopic (exact) mass is 266 g/mol. The van der Waals surface area contributed by atoms with E-state index in [-0.39, 0.29) is 12.2 Å². The van der Waals surface area contributed by atoms with Crippen LogP contribution in [0.3, 0.4) is 0 Å². The average Bonchev–Trinajstić information content (AvgIpc) is 2.45. The number of carbonyl (C=O) groups excluding carboxylic acids is 1. The molecule has 102 valence electrons. The van der Waals surface area contributed by atoms with Crippen LogP contribution in [0, 0.1) is 11.3 Å². The summed E-state index contributed by atoms with van der Waals surface area (Å²) in [4.78, 5) is 13.4. The molecule has 0 radical (unpaired) electrons. The van der Waals surface area contributed by atoms with Crippen molar-refractivity contribution in [3.63, 3.8) is 0 Å². The summed E-state index contributed by atoms with van der Waals surface area (Å²) in [5.41, 5.74) is 1.29. The molecular formula is C17H18N2O. The van der Waals surface area contributed by atoms with Gasteiger partial charge in [0.15, 0.2) is 5.78 Å². The van der Waals surface area contributed by atoms with Crippen LogP contribution in [0.4, 0.5) is 0 Å². The number of fused-ring (bicyclic) bond motifs is 1. The number of hydrogen-bond donors (Lipinski definition) is 0. The number of hydrogen-bond acceptors (Lipinski definition) is 3. The molecule has 3 nitrogen and oxygen atoms in total. The van der Waals surface area contributed by atoms with E-state index in [1.54, 1.807) is 0 Å². The zero-order valence-corrected chi connectivity index (χ0v) is 11.7. The fourth-order valence-electron chi connectivity index (χ4n) is 2.35. The van der Waals surface area contributed by atoms with Crippen molar-refractivity contribution in [3.05, 3.63) is 48.0 Å². The van der Waals surface area contributed by atoms with Crippen LogP contribution < -0.4 is 0 Å². The Balaban J connectivity index is 1.99. The van der Waals surface area contributed by atoms with Crippen molar-refractivity contribution in [1.29, 1.82) is 5.26 Å². The normalized spacial score (nSPS) is 10.7. The standard InChI is InChI=1S/C17H18N2O/c1-19(13-16(20)9-11-18)12-10-15-7-4-6-14-5-2-3-8-17(14)15/h2-8H,9-10,12-13H2,1H3. The van der Waals surface area contributed by atoms with Crippen LogP contribution in [0.1, 0.15) is 12.0 Å². The molecule has 3 heteroatoms. The van der Waals surface area contributed by atoms with E-state index >= 15 is 0 Å². The maximum absolute atomic E-state index is 11.4. The van der Waals surface area contributed by atoms with Crippen LogP contribution in [0.2, 0.25) is 0 Å². The Labute approximate surface area is 119 Å². The predicted molar refractivity (Wildman–Crippen MR) is 80.4 cm³/mol. The maximum Gasteiger partial charge on any atom is 0.160 e. The molecule has 0 amide bonds. The molecule has 0 atom stereocenters. The Morgan fingerprint density at radius 2 is 1.95 bits per heavy atom. The minimum absolute atomic E-state index is 0.00138. The summed E-state index contributed by atoms with van der Waals surface area (Å²) >= 11 is 0. The van der Waals surface area contributed by atoms with E-state index in [4.69, 9.17) is 5.26 Å². The number of ketones is 1. The number of rotatable bonds is 6. The summed E-state index contributed by atoms with van der Waals surface area (Å²) in [5, 5.41) is 11.0. The Hall–Kier alpha value is -2.18. The molecule has 2 aromatic carbocycles. The quantitative estimate of drug-likeness (QED) is 0.807. The SMILES string of the molecule is CN(CCc1cccc2ccccc12)CC(=O)CC#N. The number of carbonyl (C=O) groups is 1. The topological polar surface area (TPSA) is 44.1 Å². The van der Waals surface area contributed by atoms with Gasteiger partial charge in [0.05, 0.1) is 19.0 Å². The van der Waals surface area contributed by atoms with Crippen molar-refractivity contribution in [2.24, 2.45) is 0 Å². The van der Waals surface area contributed by atoms with E-state index in [1.807, 2.05) is 30.1 Å². The second-order valence-corrected chi connectivity index (χ2v) is 5.00. The summed E-state index contributed by atoms with van der Waals surface area (Å²) in [7, 11) is 1.92. The molecule has 0 aliphatic rings. The van der Waals surface area contributed by atoms with Gasteiger partial charge in [0.2, 0.25) is 0 Å². The van der Waals surface area contributed by atoms with E-state index in [9.17, 15) is 4.79 Å². The molecule has 20 heavy (non-hydrogen) atoms. The number of Topliss-reactive ketones (excluding diaryl/α,β-unsaturated/α-hetero) is 1. The minimum Gasteiger partial charge on any atom is -0.299 e. The van der Waals surface area contributed by atoms with Gasteiger partial charge in [0.25, 0.3) is 0 Å². The van der Waals surface area contributed by atoms with Crippen molar-refractivity contribution >= 4 is 16.6 Å². The molecule has 0 fully saturated rings. The van der Waals surface area contributed by atoms with Gasteiger partial charge in [-0.05, 0) is 29.8 Å². The van der Waals surface area contributed by atoms with E-state index < -0.39 is 0 Å². The molecule has 0 saturated carbocycles. The second-order valence-electron chi connectivity index (χ2n) is 5.00. The highest BCUT2D eigenvalue weighted by atomic mass is 16.1. The van der Waals surface area contributed by atoms with Crippen LogP contribution in [0.25, 0.3) is 10.8 Å². The lowest BCUT2D eigenvalue weighted by atomic mass is 10.0. The zero-order valence-electron chi connectivity index (χ0n) is 11.7. The molecule has 0 saturated heterocycles. The first-order valence-corrected chi connectivity index (χ1v) is 6.74. The minimum atomic E-state index is -0.0204. The first-order valence-electron chi connectivity index (χ1n) is 6.74. The van der Waals surface area contributed by atoms with Crippen LogP contribution in [0.15, 0.2) is 42.5 Å². The molecular weight excluding hydrogens is 248 g/mol. The number of nitriles is 1. The molecule has 0 aliphatic heterocycles. The predicted octanol–water partition coefficient (Wildman–Crippen LogP) is 2.80. The van der Waals surface area contributed by atoms with E-state index in [1.165, 1.54) is 16.3 Å². The van der Waals surface area contributed by atoms with Gasteiger partial charge in [-0.3, -0.25) is 9.69 Å². The van der Waals surface area contributed by atoms with Crippen molar-refractivity contribution in [3.8, 4) is 6.07 Å². The summed E-state index contributed by atoms with van der Waals surface area (Å²) in [6.07, 6.45) is 0.899. The third-order valence-electron chi connectivity index (χ3n) is 3.37. The smallest absolute Gasteiger partial charge is 0.160 e. The Bertz CT molecular complexity index is 637. The molecule has 2 rings (SSSR count).